The van der Waals surface area contributed by atoms with Crippen molar-refractivity contribution in [3.05, 3.63) is 57.5 Å². The van der Waals surface area contributed by atoms with Gasteiger partial charge in [0, 0.05) is 54.9 Å². The summed E-state index contributed by atoms with van der Waals surface area (Å²) in [7, 11) is 1.80. The van der Waals surface area contributed by atoms with E-state index in [0.717, 1.165) is 48.3 Å². The lowest BCUT2D eigenvalue weighted by atomic mass is 9.87. The number of benzene rings is 1. The maximum absolute atomic E-state index is 12.8. The molecule has 5 rings (SSSR count). The van der Waals surface area contributed by atoms with Gasteiger partial charge in [0.25, 0.3) is 5.56 Å². The minimum Gasteiger partial charge on any atom is -0.392 e. The largest absolute Gasteiger partial charge is 0.392 e. The standard InChI is InChI=1S/C28H36N4O3/c1-16(2)25-22-12-19(18-7-9-32(10-8-18)28(35)24-13-21(33)14-29-24)5-6-23(22)30-26(25)20-11-17(3)27(34)31(4)15-20/h5-6,11-12,15-16,18,21,24,29-30,33H,7-10,13-14H2,1-4H3/t21-,24+/m0/s1. The number of likely N-dealkylation sites (tertiary alicyclic amines) is 1. The smallest absolute Gasteiger partial charge is 0.253 e. The van der Waals surface area contributed by atoms with E-state index in [9.17, 15) is 14.7 Å². The molecule has 0 saturated carbocycles. The molecule has 0 bridgehead atoms. The minimum atomic E-state index is -0.417. The van der Waals surface area contributed by atoms with E-state index in [2.05, 4.69) is 42.3 Å². The van der Waals surface area contributed by atoms with Crippen molar-refractivity contribution in [2.75, 3.05) is 19.6 Å². The molecule has 7 heteroatoms. The van der Waals surface area contributed by atoms with E-state index < -0.39 is 6.10 Å². The molecule has 2 saturated heterocycles. The third-order valence-electron chi connectivity index (χ3n) is 7.78. The number of aromatic amines is 1. The molecule has 2 atom stereocenters. The number of nitrogens with zero attached hydrogens (tertiary/aromatic N) is 2. The molecule has 186 valence electrons. The molecule has 1 amide bonds. The summed E-state index contributed by atoms with van der Waals surface area (Å²) < 4.78 is 1.66. The monoisotopic (exact) mass is 476 g/mol. The van der Waals surface area contributed by atoms with Crippen LogP contribution in [0.4, 0.5) is 0 Å². The average molecular weight is 477 g/mol. The number of H-pyrrole nitrogens is 1. The van der Waals surface area contributed by atoms with Crippen LogP contribution in [0.15, 0.2) is 35.3 Å². The Labute approximate surface area is 206 Å². The van der Waals surface area contributed by atoms with Gasteiger partial charge in [-0.3, -0.25) is 9.59 Å². The van der Waals surface area contributed by atoms with Crippen molar-refractivity contribution in [1.29, 1.82) is 0 Å². The summed E-state index contributed by atoms with van der Waals surface area (Å²) >= 11 is 0. The van der Waals surface area contributed by atoms with E-state index >= 15 is 0 Å². The number of hydrogen-bond acceptors (Lipinski definition) is 4. The average Bonchev–Trinajstić information content (AvgIpc) is 3.45. The molecule has 2 fully saturated rings. The highest BCUT2D eigenvalue weighted by Crippen LogP contribution is 2.38. The summed E-state index contributed by atoms with van der Waals surface area (Å²) in [6.45, 7) is 8.30. The number of aromatic nitrogens is 2. The van der Waals surface area contributed by atoms with Crippen LogP contribution in [-0.2, 0) is 11.8 Å². The SMILES string of the molecule is Cc1cc(-c2[nH]c3ccc(C4CCN(C(=O)[C@H]5C[C@H](O)CN5)CC4)cc3c2C(C)C)cn(C)c1=O. The molecule has 3 aromatic rings. The Bertz CT molecular complexity index is 1290. The summed E-state index contributed by atoms with van der Waals surface area (Å²) in [4.78, 5) is 30.6. The second-order valence-corrected chi connectivity index (χ2v) is 10.7. The molecule has 3 N–H and O–H groups in total. The van der Waals surface area contributed by atoms with Crippen LogP contribution in [0, 0.1) is 6.92 Å². The summed E-state index contributed by atoms with van der Waals surface area (Å²) in [6.07, 6.45) is 3.90. The summed E-state index contributed by atoms with van der Waals surface area (Å²) in [6, 6.07) is 8.46. The summed E-state index contributed by atoms with van der Waals surface area (Å²) in [5.41, 5.74) is 6.59. The predicted molar refractivity (Wildman–Crippen MR) is 139 cm³/mol. The fourth-order valence-corrected chi connectivity index (χ4v) is 5.88. The number of amides is 1. The molecule has 2 aliphatic heterocycles. The second-order valence-electron chi connectivity index (χ2n) is 10.7. The molecule has 2 aliphatic rings. The van der Waals surface area contributed by atoms with E-state index in [1.807, 2.05) is 24.1 Å². The van der Waals surface area contributed by atoms with Crippen LogP contribution in [0.2, 0.25) is 0 Å². The van der Waals surface area contributed by atoms with Crippen LogP contribution in [0.5, 0.6) is 0 Å². The third kappa shape index (κ3) is 4.43. The number of carbonyl (C=O) groups is 1. The van der Waals surface area contributed by atoms with Crippen molar-refractivity contribution in [2.24, 2.45) is 7.05 Å². The molecule has 4 heterocycles. The fraction of sp³-hybridized carbons (Fsp3) is 0.500. The number of rotatable bonds is 4. The number of aliphatic hydroxyl groups is 1. The van der Waals surface area contributed by atoms with Crippen molar-refractivity contribution >= 4 is 16.8 Å². The first kappa shape index (κ1) is 23.8. The molecule has 7 nitrogen and oxygen atoms in total. The Morgan fingerprint density at radius 3 is 2.54 bits per heavy atom. The minimum absolute atomic E-state index is 0.0305. The number of aryl methyl sites for hydroxylation is 2. The van der Waals surface area contributed by atoms with Gasteiger partial charge in [-0.05, 0) is 67.3 Å². The van der Waals surface area contributed by atoms with Crippen LogP contribution >= 0.6 is 0 Å². The number of piperidine rings is 1. The van der Waals surface area contributed by atoms with Crippen LogP contribution < -0.4 is 10.9 Å². The number of pyridine rings is 1. The van der Waals surface area contributed by atoms with Crippen LogP contribution in [0.1, 0.15) is 61.6 Å². The maximum Gasteiger partial charge on any atom is 0.253 e. The van der Waals surface area contributed by atoms with Gasteiger partial charge in [-0.2, -0.15) is 0 Å². The number of β-amino-alcohol motifs (C(OH)–C–C–N with tert-alkyl or cyclic N) is 1. The van der Waals surface area contributed by atoms with Gasteiger partial charge in [0.05, 0.1) is 17.8 Å². The zero-order valence-electron chi connectivity index (χ0n) is 21.1. The van der Waals surface area contributed by atoms with Gasteiger partial charge in [-0.1, -0.05) is 19.9 Å². The Morgan fingerprint density at radius 1 is 1.17 bits per heavy atom. The van der Waals surface area contributed by atoms with E-state index in [4.69, 9.17) is 0 Å². The van der Waals surface area contributed by atoms with Gasteiger partial charge >= 0.3 is 0 Å². The van der Waals surface area contributed by atoms with Gasteiger partial charge in [-0.25, -0.2) is 0 Å². The zero-order chi connectivity index (χ0) is 24.9. The Kier molecular flexibility index (Phi) is 6.32. The van der Waals surface area contributed by atoms with Gasteiger partial charge in [0.15, 0.2) is 0 Å². The number of aliphatic hydroxyl groups excluding tert-OH is 1. The van der Waals surface area contributed by atoms with E-state index in [0.29, 0.717) is 24.8 Å². The predicted octanol–water partition coefficient (Wildman–Crippen LogP) is 3.39. The van der Waals surface area contributed by atoms with Crippen molar-refractivity contribution in [1.82, 2.24) is 19.8 Å². The van der Waals surface area contributed by atoms with Crippen molar-refractivity contribution in [3.63, 3.8) is 0 Å². The molecule has 0 unspecified atom stereocenters. The lowest BCUT2D eigenvalue weighted by Crippen LogP contribution is -2.46. The van der Waals surface area contributed by atoms with E-state index in [1.54, 1.807) is 11.6 Å². The molecule has 1 aromatic carbocycles. The van der Waals surface area contributed by atoms with Gasteiger partial charge < -0.3 is 24.9 Å². The maximum atomic E-state index is 12.8. The quantitative estimate of drug-likeness (QED) is 0.538. The third-order valence-corrected chi connectivity index (χ3v) is 7.78. The van der Waals surface area contributed by atoms with Gasteiger partial charge in [0.2, 0.25) is 5.91 Å². The highest BCUT2D eigenvalue weighted by atomic mass is 16.3. The Balaban J connectivity index is 1.41. The summed E-state index contributed by atoms with van der Waals surface area (Å²) in [5, 5.41) is 14.1. The van der Waals surface area contributed by atoms with E-state index in [-0.39, 0.29) is 17.5 Å². The van der Waals surface area contributed by atoms with Gasteiger partial charge in [-0.15, -0.1) is 0 Å². The summed E-state index contributed by atoms with van der Waals surface area (Å²) in [5.74, 6) is 0.865. The lowest BCUT2D eigenvalue weighted by molar-refractivity contribution is -0.134. The normalized spacial score (nSPS) is 21.4. The van der Waals surface area contributed by atoms with Crippen molar-refractivity contribution in [3.8, 4) is 11.3 Å². The molecule has 0 spiro atoms. The van der Waals surface area contributed by atoms with Crippen LogP contribution in [0.25, 0.3) is 22.2 Å². The van der Waals surface area contributed by atoms with Crippen molar-refractivity contribution < 1.29 is 9.90 Å². The highest BCUT2D eigenvalue weighted by molar-refractivity contribution is 5.92. The lowest BCUT2D eigenvalue weighted by Gasteiger charge is -2.34. The van der Waals surface area contributed by atoms with Gasteiger partial charge in [0.1, 0.15) is 0 Å². The van der Waals surface area contributed by atoms with Crippen LogP contribution in [0.3, 0.4) is 0 Å². The first-order valence-electron chi connectivity index (χ1n) is 12.8. The number of fused-ring (bicyclic) bond motifs is 1. The highest BCUT2D eigenvalue weighted by Gasteiger charge is 2.33. The molecule has 2 aromatic heterocycles. The first-order chi connectivity index (χ1) is 16.7. The number of carbonyl (C=O) groups excluding carboxylic acids is 1. The Hall–Kier alpha value is -2.90. The van der Waals surface area contributed by atoms with E-state index in [1.165, 1.54) is 16.5 Å². The topological polar surface area (TPSA) is 90.4 Å². The number of nitrogens with one attached hydrogen (secondary N) is 2. The molecular formula is C28H36N4O3. The Morgan fingerprint density at radius 2 is 1.91 bits per heavy atom. The fourth-order valence-electron chi connectivity index (χ4n) is 5.88. The molecular weight excluding hydrogens is 440 g/mol. The van der Waals surface area contributed by atoms with Crippen molar-refractivity contribution in [2.45, 2.75) is 64.0 Å². The molecule has 0 aliphatic carbocycles. The second kappa shape index (κ2) is 9.28. The molecule has 35 heavy (non-hydrogen) atoms. The first-order valence-corrected chi connectivity index (χ1v) is 12.8. The number of hydrogen-bond donors (Lipinski definition) is 3. The van der Waals surface area contributed by atoms with Crippen LogP contribution in [-0.4, -0.2) is 57.2 Å². The molecule has 0 radical (unpaired) electrons. The zero-order valence-corrected chi connectivity index (χ0v) is 21.1.